The summed E-state index contributed by atoms with van der Waals surface area (Å²) in [6.45, 7) is 3.95. The van der Waals surface area contributed by atoms with Crippen LogP contribution in [-0.4, -0.2) is 77.0 Å². The van der Waals surface area contributed by atoms with Crippen LogP contribution in [0.5, 0.6) is 5.75 Å². The van der Waals surface area contributed by atoms with Crippen LogP contribution in [-0.2, 0) is 6.54 Å². The largest absolute Gasteiger partial charge is 0.497 e. The Kier molecular flexibility index (Phi) is 6.55. The zero-order valence-electron chi connectivity index (χ0n) is 18.6. The quantitative estimate of drug-likeness (QED) is 0.562. The fourth-order valence-electron chi connectivity index (χ4n) is 3.61. The summed E-state index contributed by atoms with van der Waals surface area (Å²) in [6.07, 6.45) is 1.52. The number of carboxylic acids is 1. The van der Waals surface area contributed by atoms with Gasteiger partial charge in [-0.15, -0.1) is 0 Å². The van der Waals surface area contributed by atoms with Crippen LogP contribution in [0.1, 0.15) is 26.4 Å². The van der Waals surface area contributed by atoms with Crippen LogP contribution in [0.2, 0.25) is 0 Å². The van der Waals surface area contributed by atoms with Gasteiger partial charge in [0.25, 0.3) is 5.91 Å². The number of piperazine rings is 1. The molecule has 3 heterocycles. The number of ether oxygens (including phenoxy) is 1. The molecule has 0 bridgehead atoms. The Bertz CT molecular complexity index is 1120. The average Bonchev–Trinajstić information content (AvgIpc) is 3.22. The molecule has 0 radical (unpaired) electrons. The molecule has 0 spiro atoms. The molecule has 1 aliphatic heterocycles. The lowest BCUT2D eigenvalue weighted by molar-refractivity contribution is 0.0683. The standard InChI is InChI=1S/C23H26N6O4/c1-27-9-11-28(12-10-27)21-8-5-17(14-24-21)22(30)25-20-13-19(23(31)32)29(26-20)15-16-3-6-18(33-2)7-4-16/h3-8,13-14H,9-12,15H2,1-2H3,(H,31,32)(H,25,26,30). The lowest BCUT2D eigenvalue weighted by Gasteiger charge is -2.33. The SMILES string of the molecule is COc1ccc(Cn2nc(NC(=O)c3ccc(N4CCN(C)CC4)nc3)cc2C(=O)O)cc1. The molecule has 0 saturated carbocycles. The van der Waals surface area contributed by atoms with E-state index < -0.39 is 11.9 Å². The summed E-state index contributed by atoms with van der Waals surface area (Å²) in [5, 5.41) is 16.5. The number of nitrogens with zero attached hydrogens (tertiary/aromatic N) is 5. The summed E-state index contributed by atoms with van der Waals surface area (Å²) in [6, 6.07) is 12.1. The number of aromatic carboxylic acids is 1. The van der Waals surface area contributed by atoms with Crippen LogP contribution in [0.15, 0.2) is 48.7 Å². The molecular weight excluding hydrogens is 424 g/mol. The molecule has 1 fully saturated rings. The van der Waals surface area contributed by atoms with E-state index in [0.29, 0.717) is 11.3 Å². The molecule has 10 heteroatoms. The smallest absolute Gasteiger partial charge is 0.354 e. The van der Waals surface area contributed by atoms with E-state index in [1.807, 2.05) is 18.2 Å². The molecular formula is C23H26N6O4. The molecule has 0 aliphatic carbocycles. The second-order valence-corrected chi connectivity index (χ2v) is 7.88. The zero-order chi connectivity index (χ0) is 23.4. The van der Waals surface area contributed by atoms with E-state index >= 15 is 0 Å². The van der Waals surface area contributed by atoms with E-state index in [4.69, 9.17) is 4.74 Å². The Morgan fingerprint density at radius 3 is 2.42 bits per heavy atom. The number of hydrogen-bond donors (Lipinski definition) is 2. The lowest BCUT2D eigenvalue weighted by Crippen LogP contribution is -2.44. The Morgan fingerprint density at radius 2 is 1.82 bits per heavy atom. The number of benzene rings is 1. The van der Waals surface area contributed by atoms with Crippen molar-refractivity contribution in [3.63, 3.8) is 0 Å². The fourth-order valence-corrected chi connectivity index (χ4v) is 3.61. The van der Waals surface area contributed by atoms with E-state index in [9.17, 15) is 14.7 Å². The molecule has 0 unspecified atom stereocenters. The van der Waals surface area contributed by atoms with E-state index in [0.717, 1.165) is 37.6 Å². The molecule has 172 valence electrons. The third-order valence-corrected chi connectivity index (χ3v) is 5.57. The maximum absolute atomic E-state index is 12.7. The van der Waals surface area contributed by atoms with Gasteiger partial charge in [0.05, 0.1) is 19.2 Å². The van der Waals surface area contributed by atoms with Gasteiger partial charge in [-0.2, -0.15) is 5.10 Å². The Balaban J connectivity index is 1.45. The minimum absolute atomic E-state index is 0.0235. The van der Waals surface area contributed by atoms with Crippen LogP contribution in [0, 0.1) is 0 Å². The van der Waals surface area contributed by atoms with E-state index in [-0.39, 0.29) is 18.1 Å². The molecule has 2 N–H and O–H groups in total. The monoisotopic (exact) mass is 450 g/mol. The first kappa shape index (κ1) is 22.3. The molecule has 1 saturated heterocycles. The predicted molar refractivity (Wildman–Crippen MR) is 123 cm³/mol. The number of anilines is 2. The number of nitrogens with one attached hydrogen (secondary N) is 1. The summed E-state index contributed by atoms with van der Waals surface area (Å²) in [4.78, 5) is 33.2. The first-order chi connectivity index (χ1) is 15.9. The molecule has 10 nitrogen and oxygen atoms in total. The molecule has 0 atom stereocenters. The molecule has 4 rings (SSSR count). The van der Waals surface area contributed by atoms with E-state index in [2.05, 4.69) is 32.2 Å². The highest BCUT2D eigenvalue weighted by atomic mass is 16.5. The first-order valence-corrected chi connectivity index (χ1v) is 10.6. The van der Waals surface area contributed by atoms with Crippen LogP contribution in [0.4, 0.5) is 11.6 Å². The van der Waals surface area contributed by atoms with E-state index in [1.165, 1.54) is 16.9 Å². The highest BCUT2D eigenvalue weighted by Crippen LogP contribution is 2.17. The topological polar surface area (TPSA) is 113 Å². The number of carbonyl (C=O) groups is 2. The number of methoxy groups -OCH3 is 1. The van der Waals surface area contributed by atoms with Crippen molar-refractivity contribution in [3.05, 3.63) is 65.5 Å². The average molecular weight is 450 g/mol. The van der Waals surface area contributed by atoms with Crippen molar-refractivity contribution < 1.29 is 19.4 Å². The highest BCUT2D eigenvalue weighted by molar-refractivity contribution is 6.04. The number of likely N-dealkylation sites (N-methyl/N-ethyl adjacent to an activating group) is 1. The molecule has 2 aromatic heterocycles. The van der Waals surface area contributed by atoms with Gasteiger partial charge in [-0.1, -0.05) is 12.1 Å². The van der Waals surface area contributed by atoms with Gasteiger partial charge in [0.1, 0.15) is 17.3 Å². The van der Waals surface area contributed by atoms with Gasteiger partial charge in [-0.25, -0.2) is 9.78 Å². The fraction of sp³-hybridized carbons (Fsp3) is 0.304. The molecule has 1 aliphatic rings. The van der Waals surface area contributed by atoms with Crippen molar-refractivity contribution in [2.75, 3.05) is 50.6 Å². The number of carboxylic acid groups (broad SMARTS) is 1. The van der Waals surface area contributed by atoms with Crippen LogP contribution >= 0.6 is 0 Å². The zero-order valence-corrected chi connectivity index (χ0v) is 18.6. The Morgan fingerprint density at radius 1 is 1.09 bits per heavy atom. The van der Waals surface area contributed by atoms with Crippen LogP contribution in [0.3, 0.4) is 0 Å². The third-order valence-electron chi connectivity index (χ3n) is 5.57. The molecule has 3 aromatic rings. The van der Waals surface area contributed by atoms with E-state index in [1.54, 1.807) is 25.3 Å². The van der Waals surface area contributed by atoms with Gasteiger partial charge in [-0.3, -0.25) is 9.48 Å². The van der Waals surface area contributed by atoms with Gasteiger partial charge < -0.3 is 25.0 Å². The first-order valence-electron chi connectivity index (χ1n) is 10.6. The normalized spacial score (nSPS) is 14.2. The van der Waals surface area contributed by atoms with Crippen molar-refractivity contribution in [3.8, 4) is 5.75 Å². The highest BCUT2D eigenvalue weighted by Gasteiger charge is 2.18. The second kappa shape index (κ2) is 9.70. The lowest BCUT2D eigenvalue weighted by atomic mass is 10.2. The summed E-state index contributed by atoms with van der Waals surface area (Å²) in [7, 11) is 3.67. The third kappa shape index (κ3) is 5.29. The summed E-state index contributed by atoms with van der Waals surface area (Å²) in [5.74, 6) is 0.164. The number of carbonyl (C=O) groups excluding carboxylic acids is 1. The van der Waals surface area contributed by atoms with Gasteiger partial charge in [0.15, 0.2) is 5.82 Å². The van der Waals surface area contributed by atoms with Gasteiger partial charge in [0, 0.05) is 38.4 Å². The number of rotatable bonds is 7. The maximum Gasteiger partial charge on any atom is 0.354 e. The van der Waals surface area contributed by atoms with Crippen molar-refractivity contribution in [2.24, 2.45) is 0 Å². The predicted octanol–water partition coefficient (Wildman–Crippen LogP) is 2.04. The molecule has 1 amide bonds. The van der Waals surface area contributed by atoms with Gasteiger partial charge in [0.2, 0.25) is 0 Å². The van der Waals surface area contributed by atoms with Gasteiger partial charge >= 0.3 is 5.97 Å². The molecule has 33 heavy (non-hydrogen) atoms. The van der Waals surface area contributed by atoms with Crippen LogP contribution < -0.4 is 15.0 Å². The van der Waals surface area contributed by atoms with Gasteiger partial charge in [-0.05, 0) is 36.9 Å². The summed E-state index contributed by atoms with van der Waals surface area (Å²) >= 11 is 0. The molecule has 1 aromatic carbocycles. The van der Waals surface area contributed by atoms with Crippen molar-refractivity contribution in [2.45, 2.75) is 6.54 Å². The number of amides is 1. The summed E-state index contributed by atoms with van der Waals surface area (Å²) < 4.78 is 6.49. The van der Waals surface area contributed by atoms with Crippen LogP contribution in [0.25, 0.3) is 0 Å². The van der Waals surface area contributed by atoms with Crippen molar-refractivity contribution in [1.82, 2.24) is 19.7 Å². The number of pyridine rings is 1. The minimum atomic E-state index is -1.13. The Labute approximate surface area is 191 Å². The minimum Gasteiger partial charge on any atom is -0.497 e. The summed E-state index contributed by atoms with van der Waals surface area (Å²) in [5.41, 5.74) is 1.20. The Hall–Kier alpha value is -3.92. The number of aromatic nitrogens is 3. The second-order valence-electron chi connectivity index (χ2n) is 7.88. The van der Waals surface area contributed by atoms with Crippen molar-refractivity contribution in [1.29, 1.82) is 0 Å². The van der Waals surface area contributed by atoms with Crippen molar-refractivity contribution >= 4 is 23.5 Å². The maximum atomic E-state index is 12.7. The number of hydrogen-bond acceptors (Lipinski definition) is 7.